The Morgan fingerprint density at radius 3 is 2.42 bits per heavy atom. The van der Waals surface area contributed by atoms with Gasteiger partial charge in [-0.05, 0) is 57.0 Å². The van der Waals surface area contributed by atoms with Crippen molar-refractivity contribution >= 4 is 0 Å². The van der Waals surface area contributed by atoms with Gasteiger partial charge < -0.3 is 14.7 Å². The number of unbranched alkanes of at least 4 members (excludes halogenated alkanes) is 1. The van der Waals surface area contributed by atoms with E-state index in [1.165, 1.54) is 5.56 Å². The summed E-state index contributed by atoms with van der Waals surface area (Å²) in [4.78, 5) is 2.47. The van der Waals surface area contributed by atoms with Crippen LogP contribution in [0.2, 0.25) is 0 Å². The van der Waals surface area contributed by atoms with E-state index in [0.29, 0.717) is 12.6 Å². The molecule has 0 aliphatic carbocycles. The molecule has 0 saturated heterocycles. The lowest BCUT2D eigenvalue weighted by atomic mass is 10.1. The van der Waals surface area contributed by atoms with Gasteiger partial charge in [-0.25, -0.2) is 0 Å². The minimum absolute atomic E-state index is 0.296. The summed E-state index contributed by atoms with van der Waals surface area (Å²) in [6, 6.07) is 8.83. The van der Waals surface area contributed by atoms with E-state index in [2.05, 4.69) is 30.9 Å². The molecule has 0 aliphatic rings. The van der Waals surface area contributed by atoms with Gasteiger partial charge in [0.15, 0.2) is 0 Å². The second-order valence-corrected chi connectivity index (χ2v) is 4.96. The van der Waals surface area contributed by atoms with E-state index in [-0.39, 0.29) is 0 Å². The summed E-state index contributed by atoms with van der Waals surface area (Å²) in [5.74, 6) is 0.909. The van der Waals surface area contributed by atoms with E-state index < -0.39 is 0 Å². The fourth-order valence-electron chi connectivity index (χ4n) is 2.35. The third kappa shape index (κ3) is 5.62. The van der Waals surface area contributed by atoms with Gasteiger partial charge >= 0.3 is 0 Å². The second-order valence-electron chi connectivity index (χ2n) is 4.96. The summed E-state index contributed by atoms with van der Waals surface area (Å²) in [7, 11) is 1.69. The summed E-state index contributed by atoms with van der Waals surface area (Å²) >= 11 is 0. The summed E-state index contributed by atoms with van der Waals surface area (Å²) in [5.41, 5.74) is 1.34. The van der Waals surface area contributed by atoms with Crippen LogP contribution in [0.5, 0.6) is 5.75 Å². The van der Waals surface area contributed by atoms with Gasteiger partial charge in [0.2, 0.25) is 0 Å². The molecule has 1 atom stereocenters. The van der Waals surface area contributed by atoms with Crippen molar-refractivity contribution in [2.24, 2.45) is 0 Å². The highest BCUT2D eigenvalue weighted by molar-refractivity contribution is 5.27. The minimum atomic E-state index is 0.296. The Kier molecular flexibility index (Phi) is 7.53. The molecule has 3 nitrogen and oxygen atoms in total. The molecular formula is C16H27NO2. The summed E-state index contributed by atoms with van der Waals surface area (Å²) in [6.45, 7) is 6.89. The molecule has 0 radical (unpaired) electrons. The molecule has 0 unspecified atom stereocenters. The fraction of sp³-hybridized carbons (Fsp3) is 0.625. The lowest BCUT2D eigenvalue weighted by Crippen LogP contribution is -2.35. The van der Waals surface area contributed by atoms with Gasteiger partial charge in [0, 0.05) is 12.6 Å². The Labute approximate surface area is 117 Å². The van der Waals surface area contributed by atoms with Crippen molar-refractivity contribution < 1.29 is 9.84 Å². The van der Waals surface area contributed by atoms with Crippen LogP contribution in [0.1, 0.15) is 32.3 Å². The Balaban J connectivity index is 2.47. The van der Waals surface area contributed by atoms with Crippen molar-refractivity contribution in [3.8, 4) is 5.75 Å². The molecule has 0 aliphatic heterocycles. The van der Waals surface area contributed by atoms with Crippen molar-refractivity contribution in [3.05, 3.63) is 29.8 Å². The average molecular weight is 265 g/mol. The number of benzene rings is 1. The zero-order chi connectivity index (χ0) is 14.1. The van der Waals surface area contributed by atoms with E-state index in [1.807, 2.05) is 12.1 Å². The zero-order valence-electron chi connectivity index (χ0n) is 12.4. The highest BCUT2D eigenvalue weighted by Crippen LogP contribution is 2.14. The first-order valence-electron chi connectivity index (χ1n) is 7.19. The number of aliphatic hydroxyl groups is 1. The predicted octanol–water partition coefficient (Wildman–Crippen LogP) is 2.72. The maximum absolute atomic E-state index is 8.84. The van der Waals surface area contributed by atoms with Crippen molar-refractivity contribution in [1.29, 1.82) is 0 Å². The van der Waals surface area contributed by atoms with Crippen molar-refractivity contribution in [1.82, 2.24) is 4.90 Å². The number of ether oxygens (including phenoxy) is 1. The van der Waals surface area contributed by atoms with Crippen molar-refractivity contribution in [3.63, 3.8) is 0 Å². The number of rotatable bonds is 9. The van der Waals surface area contributed by atoms with Gasteiger partial charge in [0.25, 0.3) is 0 Å². The number of likely N-dealkylation sites (N-methyl/N-ethyl adjacent to an activating group) is 1. The molecule has 0 spiro atoms. The highest BCUT2D eigenvalue weighted by Gasteiger charge is 2.12. The van der Waals surface area contributed by atoms with Crippen LogP contribution in [0.15, 0.2) is 24.3 Å². The third-order valence-corrected chi connectivity index (χ3v) is 3.57. The first kappa shape index (κ1) is 16.0. The maximum Gasteiger partial charge on any atom is 0.118 e. The summed E-state index contributed by atoms with van der Waals surface area (Å²) in [6.07, 6.45) is 3.01. The molecule has 0 bridgehead atoms. The third-order valence-electron chi connectivity index (χ3n) is 3.57. The molecule has 1 rings (SSSR count). The Hall–Kier alpha value is -1.06. The van der Waals surface area contributed by atoms with Gasteiger partial charge in [-0.2, -0.15) is 0 Å². The summed E-state index contributed by atoms with van der Waals surface area (Å²) < 4.78 is 5.17. The van der Waals surface area contributed by atoms with Crippen LogP contribution in [0.4, 0.5) is 0 Å². The first-order valence-corrected chi connectivity index (χ1v) is 7.19. The van der Waals surface area contributed by atoms with Crippen LogP contribution in [-0.4, -0.2) is 42.9 Å². The quantitative estimate of drug-likeness (QED) is 0.697. The molecule has 1 aromatic carbocycles. The van der Waals surface area contributed by atoms with Crippen molar-refractivity contribution in [2.75, 3.05) is 26.8 Å². The Morgan fingerprint density at radius 1 is 1.21 bits per heavy atom. The number of hydrogen-bond donors (Lipinski definition) is 1. The smallest absolute Gasteiger partial charge is 0.118 e. The Bertz CT molecular complexity index is 337. The fourth-order valence-corrected chi connectivity index (χ4v) is 2.35. The molecule has 0 fully saturated rings. The van der Waals surface area contributed by atoms with Crippen LogP contribution in [0.25, 0.3) is 0 Å². The van der Waals surface area contributed by atoms with Crippen LogP contribution in [-0.2, 0) is 6.42 Å². The molecule has 1 aromatic rings. The van der Waals surface area contributed by atoms with E-state index in [9.17, 15) is 0 Å². The molecule has 0 amide bonds. The van der Waals surface area contributed by atoms with Crippen LogP contribution >= 0.6 is 0 Å². The number of hydrogen-bond acceptors (Lipinski definition) is 3. The number of nitrogens with zero attached hydrogens (tertiary/aromatic N) is 1. The van der Waals surface area contributed by atoms with Crippen LogP contribution in [0.3, 0.4) is 0 Å². The van der Waals surface area contributed by atoms with Gasteiger partial charge in [-0.15, -0.1) is 0 Å². The maximum atomic E-state index is 8.84. The summed E-state index contributed by atoms with van der Waals surface area (Å²) in [5, 5.41) is 8.84. The largest absolute Gasteiger partial charge is 0.497 e. The molecule has 3 heteroatoms. The van der Waals surface area contributed by atoms with Gasteiger partial charge in [0.05, 0.1) is 7.11 Å². The molecule has 1 N–H and O–H groups in total. The molecule has 0 heterocycles. The molecule has 0 saturated carbocycles. The van der Waals surface area contributed by atoms with Gasteiger partial charge in [-0.1, -0.05) is 19.1 Å². The van der Waals surface area contributed by atoms with Gasteiger partial charge in [-0.3, -0.25) is 0 Å². The number of aliphatic hydroxyl groups excluding tert-OH is 1. The van der Waals surface area contributed by atoms with Gasteiger partial charge in [0.1, 0.15) is 5.75 Å². The Morgan fingerprint density at radius 2 is 1.89 bits per heavy atom. The predicted molar refractivity (Wildman–Crippen MR) is 79.7 cm³/mol. The van der Waals surface area contributed by atoms with E-state index in [4.69, 9.17) is 9.84 Å². The second kappa shape index (κ2) is 8.94. The monoisotopic (exact) mass is 265 g/mol. The van der Waals surface area contributed by atoms with E-state index >= 15 is 0 Å². The molecular weight excluding hydrogens is 238 g/mol. The normalized spacial score (nSPS) is 12.7. The topological polar surface area (TPSA) is 32.7 Å². The van der Waals surface area contributed by atoms with E-state index in [0.717, 1.165) is 38.1 Å². The number of methoxy groups -OCH3 is 1. The molecule has 0 aromatic heterocycles. The van der Waals surface area contributed by atoms with E-state index in [1.54, 1.807) is 7.11 Å². The SMILES string of the molecule is CCN(CCCCO)[C@H](C)Cc1ccc(OC)cc1. The highest BCUT2D eigenvalue weighted by atomic mass is 16.5. The lowest BCUT2D eigenvalue weighted by molar-refractivity contribution is 0.203. The minimum Gasteiger partial charge on any atom is -0.497 e. The average Bonchev–Trinajstić information content (AvgIpc) is 2.44. The first-order chi connectivity index (χ1) is 9.21. The van der Waals surface area contributed by atoms with Crippen LogP contribution in [0, 0.1) is 0 Å². The van der Waals surface area contributed by atoms with Crippen molar-refractivity contribution in [2.45, 2.75) is 39.2 Å². The standard InChI is InChI=1S/C16H27NO2/c1-4-17(11-5-6-12-18)14(2)13-15-7-9-16(19-3)10-8-15/h7-10,14,18H,4-6,11-13H2,1-3H3/t14-/m1/s1. The lowest BCUT2D eigenvalue weighted by Gasteiger charge is -2.28. The van der Waals surface area contributed by atoms with Crippen LogP contribution < -0.4 is 4.74 Å². The zero-order valence-corrected chi connectivity index (χ0v) is 12.4. The molecule has 19 heavy (non-hydrogen) atoms. The molecule has 108 valence electrons.